The number of fused-ring (bicyclic) bond motifs is 1. The van der Waals surface area contributed by atoms with Gasteiger partial charge in [0.25, 0.3) is 0 Å². The zero-order chi connectivity index (χ0) is 13.8. The molecule has 2 saturated carbocycles. The van der Waals surface area contributed by atoms with Crippen molar-refractivity contribution in [2.45, 2.75) is 6.92 Å². The summed E-state index contributed by atoms with van der Waals surface area (Å²) in [5, 5.41) is 0. The van der Waals surface area contributed by atoms with Crippen molar-refractivity contribution in [2.75, 3.05) is 0 Å². The van der Waals surface area contributed by atoms with Crippen LogP contribution in [0.2, 0.25) is 0 Å². The average molecular weight is 316 g/mol. The molecule has 0 aliphatic heterocycles. The molecule has 1 heterocycles. The number of benzene rings is 1. The minimum atomic E-state index is 0. The molecule has 0 spiro atoms. The Morgan fingerprint density at radius 3 is 2.10 bits per heavy atom. The van der Waals surface area contributed by atoms with Crippen molar-refractivity contribution in [1.82, 2.24) is 9.97 Å². The number of rotatable bonds is 1. The molecule has 0 saturated heterocycles. The molecule has 106 valence electrons. The van der Waals surface area contributed by atoms with E-state index in [4.69, 9.17) is 0 Å². The molecule has 0 bridgehead atoms. The van der Waals surface area contributed by atoms with E-state index in [0.29, 0.717) is 0 Å². The predicted octanol–water partition coefficient (Wildman–Crippen LogP) is 3.64. The quantitative estimate of drug-likeness (QED) is 0.800. The van der Waals surface area contributed by atoms with Crippen molar-refractivity contribution in [1.29, 1.82) is 0 Å². The Balaban J connectivity index is 0.000000231. The van der Waals surface area contributed by atoms with Crippen molar-refractivity contribution < 1.29 is 17.1 Å². The summed E-state index contributed by atoms with van der Waals surface area (Å²) in [4.78, 5) is 7.87. The number of aromatic nitrogens is 2. The molecule has 2 fully saturated rings. The van der Waals surface area contributed by atoms with E-state index in [1.165, 1.54) is 5.56 Å². The van der Waals surface area contributed by atoms with E-state index in [9.17, 15) is 0 Å². The fraction of sp³-hybridized carbons (Fsp3) is 0.0556. The molecule has 1 aromatic heterocycles. The van der Waals surface area contributed by atoms with Crippen LogP contribution < -0.4 is 0 Å². The van der Waals surface area contributed by atoms with Gasteiger partial charge in [-0.25, -0.2) is 4.98 Å². The van der Waals surface area contributed by atoms with Crippen LogP contribution in [0.5, 0.6) is 0 Å². The molecule has 1 aromatic carbocycles. The Morgan fingerprint density at radius 1 is 0.857 bits per heavy atom. The fourth-order valence-corrected chi connectivity index (χ4v) is 2.11. The first kappa shape index (κ1) is 16.6. The molecule has 4 rings (SSSR count). The maximum absolute atomic E-state index is 4.54. The molecule has 0 unspecified atom stereocenters. The average Bonchev–Trinajstić information content (AvgIpc) is 3.20. The Hall–Kier alpha value is -0.791. The molecular formula is C18H16FeN2. The van der Waals surface area contributed by atoms with Gasteiger partial charge < -0.3 is 4.98 Å². The van der Waals surface area contributed by atoms with E-state index in [-0.39, 0.29) is 17.1 Å². The van der Waals surface area contributed by atoms with Crippen LogP contribution in [0.15, 0.2) is 18.2 Å². The molecule has 10 radical (unpaired) electrons. The van der Waals surface area contributed by atoms with Crippen LogP contribution in [0, 0.1) is 70.6 Å². The molecule has 21 heavy (non-hydrogen) atoms. The molecule has 1 N–H and O–H groups in total. The third-order valence-electron chi connectivity index (χ3n) is 3.13. The van der Waals surface area contributed by atoms with E-state index < -0.39 is 0 Å². The Bertz CT molecular complexity index is 544. The van der Waals surface area contributed by atoms with E-state index in [1.54, 1.807) is 0 Å². The van der Waals surface area contributed by atoms with Crippen molar-refractivity contribution in [2.24, 2.45) is 0 Å². The first-order valence-corrected chi connectivity index (χ1v) is 6.68. The number of hydrogen-bond donors (Lipinski definition) is 1. The third kappa shape index (κ3) is 4.34. The fourth-order valence-electron chi connectivity index (χ4n) is 2.11. The van der Waals surface area contributed by atoms with Gasteiger partial charge >= 0.3 is 0 Å². The largest absolute Gasteiger partial charge is 0.341 e. The third-order valence-corrected chi connectivity index (χ3v) is 3.13. The molecular weight excluding hydrogens is 300 g/mol. The topological polar surface area (TPSA) is 28.7 Å². The summed E-state index contributed by atoms with van der Waals surface area (Å²) in [5.74, 6) is 2.09. The smallest absolute Gasteiger partial charge is 0.115 e. The van der Waals surface area contributed by atoms with E-state index in [2.05, 4.69) is 41.9 Å². The van der Waals surface area contributed by atoms with Crippen LogP contribution in [0.25, 0.3) is 11.0 Å². The molecule has 0 amide bonds. The number of nitrogens with one attached hydrogen (secondary N) is 1. The van der Waals surface area contributed by atoms with Crippen molar-refractivity contribution in [3.05, 3.63) is 93.3 Å². The van der Waals surface area contributed by atoms with Gasteiger partial charge in [-0.05, 0) is 82.4 Å². The molecule has 2 aliphatic rings. The summed E-state index contributed by atoms with van der Waals surface area (Å²) in [6, 6.07) is 6.25. The van der Waals surface area contributed by atoms with Gasteiger partial charge in [-0.3, -0.25) is 0 Å². The zero-order valence-corrected chi connectivity index (χ0v) is 12.8. The minimum absolute atomic E-state index is 0. The number of nitrogens with zero attached hydrogens (tertiary/aromatic N) is 1. The van der Waals surface area contributed by atoms with Crippen LogP contribution in [-0.4, -0.2) is 9.97 Å². The number of H-pyrrole nitrogens is 1. The van der Waals surface area contributed by atoms with E-state index >= 15 is 0 Å². The summed E-state index contributed by atoms with van der Waals surface area (Å²) in [7, 11) is 0. The minimum Gasteiger partial charge on any atom is -0.341 e. The van der Waals surface area contributed by atoms with Crippen molar-refractivity contribution in [3.8, 4) is 0 Å². The summed E-state index contributed by atoms with van der Waals surface area (Å²) in [5.41, 5.74) is 3.38. The van der Waals surface area contributed by atoms with E-state index in [1.807, 2.05) is 51.0 Å². The molecule has 0 atom stereocenters. The Kier molecular flexibility index (Phi) is 6.32. The second kappa shape index (κ2) is 8.00. The first-order valence-electron chi connectivity index (χ1n) is 6.68. The second-order valence-electron chi connectivity index (χ2n) is 4.74. The maximum Gasteiger partial charge on any atom is 0.115 e. The van der Waals surface area contributed by atoms with Gasteiger partial charge in [-0.1, -0.05) is 6.07 Å². The van der Waals surface area contributed by atoms with Crippen molar-refractivity contribution in [3.63, 3.8) is 0 Å². The molecule has 2 aliphatic carbocycles. The molecule has 2 aromatic rings. The van der Waals surface area contributed by atoms with Gasteiger partial charge in [-0.15, -0.1) is 0 Å². The van der Waals surface area contributed by atoms with Gasteiger partial charge in [0, 0.05) is 23.0 Å². The first-order chi connectivity index (χ1) is 9.83. The molecule has 3 heteroatoms. The number of aryl methyl sites for hydroxylation is 1. The Labute approximate surface area is 138 Å². The predicted molar refractivity (Wildman–Crippen MR) is 81.9 cm³/mol. The van der Waals surface area contributed by atoms with Gasteiger partial charge in [0.05, 0.1) is 11.0 Å². The summed E-state index contributed by atoms with van der Waals surface area (Å²) < 4.78 is 0. The number of imidazole rings is 1. The van der Waals surface area contributed by atoms with Crippen LogP contribution in [0.1, 0.15) is 11.4 Å². The van der Waals surface area contributed by atoms with Crippen LogP contribution >= 0.6 is 0 Å². The van der Waals surface area contributed by atoms with Crippen molar-refractivity contribution >= 4 is 11.0 Å². The van der Waals surface area contributed by atoms with Gasteiger partial charge in [0.15, 0.2) is 0 Å². The second-order valence-corrected chi connectivity index (χ2v) is 4.74. The SMILES string of the molecule is Cc1ccc2nc([C]3[CH][CH][CH][CH]3)[nH]c2c1.[CH]1[CH][CH][CH][CH]1.[Fe]. The maximum atomic E-state index is 4.54. The normalized spacial score (nSPS) is 18.3. The van der Waals surface area contributed by atoms with Gasteiger partial charge in [0.2, 0.25) is 0 Å². The summed E-state index contributed by atoms with van der Waals surface area (Å²) >= 11 is 0. The van der Waals surface area contributed by atoms with Gasteiger partial charge in [-0.2, -0.15) is 0 Å². The summed E-state index contributed by atoms with van der Waals surface area (Å²) in [6.45, 7) is 2.09. The van der Waals surface area contributed by atoms with Crippen LogP contribution in [-0.2, 0) is 17.1 Å². The van der Waals surface area contributed by atoms with Crippen LogP contribution in [0.3, 0.4) is 0 Å². The van der Waals surface area contributed by atoms with E-state index in [0.717, 1.165) is 22.8 Å². The monoisotopic (exact) mass is 316 g/mol. The van der Waals surface area contributed by atoms with Crippen LogP contribution in [0.4, 0.5) is 0 Å². The number of aromatic amines is 1. The Morgan fingerprint density at radius 2 is 1.48 bits per heavy atom. The number of hydrogen-bond acceptors (Lipinski definition) is 1. The molecule has 2 nitrogen and oxygen atoms in total. The zero-order valence-electron chi connectivity index (χ0n) is 11.7. The summed E-state index contributed by atoms with van der Waals surface area (Å²) in [6.07, 6.45) is 18.2. The van der Waals surface area contributed by atoms with Gasteiger partial charge in [0.1, 0.15) is 5.82 Å². The standard InChI is InChI=1S/C13H11N2.C5H5.Fe/c1-9-6-7-11-12(8-9)15-13(14-11)10-4-2-3-5-10;1-2-4-5-3-1;/h2-8H,1H3,(H,14,15);1-5H;.